The number of amides is 1. The molecule has 2 heterocycles. The number of carbonyl (C=O) groups excluding carboxylic acids is 1. The van der Waals surface area contributed by atoms with Gasteiger partial charge in [-0.05, 0) is 47.2 Å². The Morgan fingerprint density at radius 3 is 2.31 bits per heavy atom. The van der Waals surface area contributed by atoms with E-state index >= 15 is 0 Å². The minimum atomic E-state index is -0.351. The van der Waals surface area contributed by atoms with Gasteiger partial charge >= 0.3 is 0 Å². The summed E-state index contributed by atoms with van der Waals surface area (Å²) in [7, 11) is 0. The number of amidine groups is 1. The van der Waals surface area contributed by atoms with E-state index in [4.69, 9.17) is 4.74 Å². The van der Waals surface area contributed by atoms with Crippen LogP contribution < -0.4 is 9.64 Å². The van der Waals surface area contributed by atoms with Crippen molar-refractivity contribution in [1.82, 2.24) is 4.90 Å². The molecular weight excluding hydrogens is 476 g/mol. The monoisotopic (exact) mass is 500 g/mol. The average molecular weight is 501 g/mol. The molecule has 0 N–H and O–H groups in total. The molecule has 9 heteroatoms. The molecule has 36 heavy (non-hydrogen) atoms. The number of rotatable bonds is 6. The highest BCUT2D eigenvalue weighted by atomic mass is 32.2. The summed E-state index contributed by atoms with van der Waals surface area (Å²) in [4.78, 5) is 32.5. The molecule has 1 fully saturated rings. The number of thioether (sulfide) groups is 1. The number of benzene rings is 3. The van der Waals surface area contributed by atoms with Crippen molar-refractivity contribution in [3.63, 3.8) is 0 Å². The van der Waals surface area contributed by atoms with Crippen LogP contribution in [0.4, 0.5) is 11.4 Å². The minimum absolute atomic E-state index is 0.107. The van der Waals surface area contributed by atoms with Crippen molar-refractivity contribution in [2.45, 2.75) is 6.61 Å². The van der Waals surface area contributed by atoms with E-state index in [9.17, 15) is 14.9 Å². The molecule has 0 radical (unpaired) electrons. The molecular formula is C27H24N4O4S. The molecule has 0 aliphatic carbocycles. The third-order valence-corrected chi connectivity index (χ3v) is 7.05. The van der Waals surface area contributed by atoms with Gasteiger partial charge in [0.05, 0.1) is 9.83 Å². The van der Waals surface area contributed by atoms with Crippen LogP contribution in [0.25, 0.3) is 6.08 Å². The highest BCUT2D eigenvalue weighted by molar-refractivity contribution is 8.18. The van der Waals surface area contributed by atoms with Gasteiger partial charge in [0.25, 0.3) is 11.6 Å². The fourth-order valence-corrected chi connectivity index (χ4v) is 5.08. The first-order valence-corrected chi connectivity index (χ1v) is 12.4. The number of piperazine rings is 1. The van der Waals surface area contributed by atoms with Crippen LogP contribution in [-0.2, 0) is 11.4 Å². The zero-order valence-corrected chi connectivity index (χ0v) is 20.3. The van der Waals surface area contributed by atoms with Crippen molar-refractivity contribution < 1.29 is 14.5 Å². The lowest BCUT2D eigenvalue weighted by atomic mass is 10.2. The van der Waals surface area contributed by atoms with Gasteiger partial charge in [0.2, 0.25) is 0 Å². The number of nitro groups is 1. The Morgan fingerprint density at radius 2 is 1.58 bits per heavy atom. The van der Waals surface area contributed by atoms with Crippen LogP contribution in [0.1, 0.15) is 11.1 Å². The molecule has 0 aromatic heterocycles. The Kier molecular flexibility index (Phi) is 6.99. The number of nitro benzene ring substituents is 1. The van der Waals surface area contributed by atoms with Gasteiger partial charge in [0, 0.05) is 32.2 Å². The van der Waals surface area contributed by atoms with Gasteiger partial charge in [-0.1, -0.05) is 54.6 Å². The quantitative estimate of drug-likeness (QED) is 0.268. The highest BCUT2D eigenvalue weighted by Crippen LogP contribution is 2.33. The normalized spacial score (nSPS) is 16.8. The standard InChI is InChI=1S/C27H24N4O4S/c32-26-25(18-20-10-12-22(13-11-20)35-19-21-6-2-1-3-7-21)36-27(28-26)30-16-14-29(15-17-30)23-8-4-5-9-24(23)31(33)34/h1-13,18H,14-17,19H2/b25-18+. The van der Waals surface area contributed by atoms with E-state index in [1.54, 1.807) is 12.1 Å². The maximum absolute atomic E-state index is 12.6. The van der Waals surface area contributed by atoms with Gasteiger partial charge in [0.15, 0.2) is 5.17 Å². The van der Waals surface area contributed by atoms with Gasteiger partial charge in [-0.25, -0.2) is 0 Å². The second-order valence-electron chi connectivity index (χ2n) is 8.37. The van der Waals surface area contributed by atoms with Crippen molar-refractivity contribution in [2.75, 3.05) is 31.1 Å². The van der Waals surface area contributed by atoms with Gasteiger partial charge in [-0.3, -0.25) is 14.9 Å². The summed E-state index contributed by atoms with van der Waals surface area (Å²) in [6, 6.07) is 24.4. The average Bonchev–Trinajstić information content (AvgIpc) is 3.28. The van der Waals surface area contributed by atoms with Crippen molar-refractivity contribution in [3.05, 3.63) is 105 Å². The summed E-state index contributed by atoms with van der Waals surface area (Å²) < 4.78 is 5.83. The zero-order chi connectivity index (χ0) is 24.9. The number of anilines is 1. The van der Waals surface area contributed by atoms with E-state index in [-0.39, 0.29) is 16.5 Å². The molecule has 0 spiro atoms. The molecule has 2 aliphatic heterocycles. The zero-order valence-electron chi connectivity index (χ0n) is 19.4. The maximum atomic E-state index is 12.6. The van der Waals surface area contributed by atoms with Crippen molar-refractivity contribution in [1.29, 1.82) is 0 Å². The Morgan fingerprint density at radius 1 is 0.917 bits per heavy atom. The minimum Gasteiger partial charge on any atom is -0.489 e. The Hall–Kier alpha value is -4.11. The van der Waals surface area contributed by atoms with Gasteiger partial charge in [-0.2, -0.15) is 4.99 Å². The summed E-state index contributed by atoms with van der Waals surface area (Å²) in [5.41, 5.74) is 2.73. The summed E-state index contributed by atoms with van der Waals surface area (Å²) >= 11 is 1.37. The van der Waals surface area contributed by atoms with Gasteiger partial charge in [0.1, 0.15) is 18.0 Å². The Balaban J connectivity index is 1.17. The molecule has 5 rings (SSSR count). The molecule has 0 bridgehead atoms. The van der Waals surface area contributed by atoms with E-state index in [1.807, 2.05) is 71.6 Å². The lowest BCUT2D eigenvalue weighted by Crippen LogP contribution is -2.48. The third-order valence-electron chi connectivity index (χ3n) is 6.00. The fraction of sp³-hybridized carbons (Fsp3) is 0.185. The smallest absolute Gasteiger partial charge is 0.292 e. The number of para-hydroxylation sites is 2. The largest absolute Gasteiger partial charge is 0.489 e. The molecule has 0 unspecified atom stereocenters. The van der Waals surface area contributed by atoms with Crippen LogP contribution in [0.2, 0.25) is 0 Å². The molecule has 8 nitrogen and oxygen atoms in total. The number of aliphatic imine (C=N–C) groups is 1. The second kappa shape index (κ2) is 10.7. The number of hydrogen-bond acceptors (Lipinski definition) is 7. The summed E-state index contributed by atoms with van der Waals surface area (Å²) in [6.45, 7) is 2.99. The van der Waals surface area contributed by atoms with Gasteiger partial charge < -0.3 is 14.5 Å². The Labute approximate surface area is 213 Å². The molecule has 3 aromatic carbocycles. The highest BCUT2D eigenvalue weighted by Gasteiger charge is 2.30. The molecule has 1 amide bonds. The first-order chi connectivity index (χ1) is 17.6. The second-order valence-corrected chi connectivity index (χ2v) is 9.38. The molecule has 0 saturated carbocycles. The van der Waals surface area contributed by atoms with E-state index < -0.39 is 0 Å². The first-order valence-electron chi connectivity index (χ1n) is 11.6. The maximum Gasteiger partial charge on any atom is 0.292 e. The van der Waals surface area contributed by atoms with Gasteiger partial charge in [-0.15, -0.1) is 0 Å². The molecule has 0 atom stereocenters. The lowest BCUT2D eigenvalue weighted by Gasteiger charge is -2.36. The van der Waals surface area contributed by atoms with E-state index in [0.29, 0.717) is 48.5 Å². The van der Waals surface area contributed by atoms with Crippen LogP contribution in [0.3, 0.4) is 0 Å². The summed E-state index contributed by atoms with van der Waals surface area (Å²) in [5, 5.41) is 12.0. The summed E-state index contributed by atoms with van der Waals surface area (Å²) in [5.74, 6) is 0.514. The first kappa shape index (κ1) is 23.6. The summed E-state index contributed by atoms with van der Waals surface area (Å²) in [6.07, 6.45) is 1.84. The predicted molar refractivity (Wildman–Crippen MR) is 142 cm³/mol. The molecule has 2 aliphatic rings. The van der Waals surface area contributed by atoms with E-state index in [1.165, 1.54) is 17.8 Å². The van der Waals surface area contributed by atoms with Crippen LogP contribution in [0.15, 0.2) is 88.8 Å². The number of hydrogen-bond donors (Lipinski definition) is 0. The van der Waals surface area contributed by atoms with Crippen LogP contribution in [-0.4, -0.2) is 47.1 Å². The van der Waals surface area contributed by atoms with E-state index in [2.05, 4.69) is 9.89 Å². The van der Waals surface area contributed by atoms with Crippen molar-refractivity contribution in [2.24, 2.45) is 4.99 Å². The van der Waals surface area contributed by atoms with Crippen molar-refractivity contribution >= 4 is 40.3 Å². The molecule has 1 saturated heterocycles. The topological polar surface area (TPSA) is 88.3 Å². The fourth-order valence-electron chi connectivity index (χ4n) is 4.11. The molecule has 3 aromatic rings. The van der Waals surface area contributed by atoms with Crippen molar-refractivity contribution in [3.8, 4) is 5.75 Å². The lowest BCUT2D eigenvalue weighted by molar-refractivity contribution is -0.384. The van der Waals surface area contributed by atoms with Crippen LogP contribution in [0.5, 0.6) is 5.75 Å². The van der Waals surface area contributed by atoms with Crippen LogP contribution >= 0.6 is 11.8 Å². The molecule has 182 valence electrons. The predicted octanol–water partition coefficient (Wildman–Crippen LogP) is 4.97. The Bertz CT molecular complexity index is 1320. The van der Waals surface area contributed by atoms with Crippen LogP contribution in [0, 0.1) is 10.1 Å². The number of ether oxygens (including phenoxy) is 1. The number of carbonyl (C=O) groups is 1. The third kappa shape index (κ3) is 5.41. The van der Waals surface area contributed by atoms with E-state index in [0.717, 1.165) is 16.9 Å². The number of nitrogens with zero attached hydrogens (tertiary/aromatic N) is 4. The SMILES string of the molecule is O=C1N=C(N2CCN(c3ccccc3[N+](=O)[O-])CC2)S/C1=C/c1ccc(OCc2ccccc2)cc1.